The van der Waals surface area contributed by atoms with E-state index in [1.165, 1.54) is 25.2 Å². The van der Waals surface area contributed by atoms with E-state index in [4.69, 9.17) is 0 Å². The van der Waals surface area contributed by atoms with Crippen LogP contribution in [-0.4, -0.2) is 36.9 Å². The van der Waals surface area contributed by atoms with E-state index in [0.29, 0.717) is 6.54 Å². The van der Waals surface area contributed by atoms with Crippen molar-refractivity contribution in [2.24, 2.45) is 0 Å². The molecule has 0 fully saturated rings. The molecule has 0 saturated heterocycles. The molecule has 0 aliphatic rings. The second-order valence-corrected chi connectivity index (χ2v) is 4.17. The molecule has 0 spiro atoms. The van der Waals surface area contributed by atoms with Gasteiger partial charge in [0.25, 0.3) is 11.6 Å². The lowest BCUT2D eigenvalue weighted by atomic mass is 10.1. The van der Waals surface area contributed by atoms with Crippen molar-refractivity contribution < 1.29 is 14.5 Å². The lowest BCUT2D eigenvalue weighted by Gasteiger charge is -2.10. The Bertz CT molecular complexity index is 545. The van der Waals surface area contributed by atoms with Crippen molar-refractivity contribution in [2.75, 3.05) is 25.5 Å². The van der Waals surface area contributed by atoms with Crippen LogP contribution < -0.4 is 16.0 Å². The number of benzene rings is 1. The molecule has 0 aliphatic heterocycles. The Morgan fingerprint density at radius 2 is 2.00 bits per heavy atom. The SMILES string of the molecule is CCNC(=O)CCNC(=O)c1cccc([N+](=O)[O-])c1NC. The smallest absolute Gasteiger partial charge is 0.293 e. The number of para-hydroxylation sites is 1. The topological polar surface area (TPSA) is 113 Å². The lowest BCUT2D eigenvalue weighted by Crippen LogP contribution is -2.31. The molecule has 0 radical (unpaired) electrons. The summed E-state index contributed by atoms with van der Waals surface area (Å²) < 4.78 is 0. The Kier molecular flexibility index (Phi) is 6.12. The highest BCUT2D eigenvalue weighted by Gasteiger charge is 2.20. The number of nitro benzene ring substituents is 1. The van der Waals surface area contributed by atoms with Crippen molar-refractivity contribution in [2.45, 2.75) is 13.3 Å². The van der Waals surface area contributed by atoms with Gasteiger partial charge >= 0.3 is 0 Å². The van der Waals surface area contributed by atoms with Crippen LogP contribution in [0.5, 0.6) is 0 Å². The van der Waals surface area contributed by atoms with Gasteiger partial charge in [0.2, 0.25) is 5.91 Å². The molecule has 1 aromatic carbocycles. The van der Waals surface area contributed by atoms with E-state index in [1.807, 2.05) is 0 Å². The summed E-state index contributed by atoms with van der Waals surface area (Å²) in [6.07, 6.45) is 0.156. The van der Waals surface area contributed by atoms with Gasteiger partial charge < -0.3 is 16.0 Å². The molecule has 0 saturated carbocycles. The summed E-state index contributed by atoms with van der Waals surface area (Å²) in [4.78, 5) is 33.7. The van der Waals surface area contributed by atoms with Gasteiger partial charge in [0, 0.05) is 32.6 Å². The van der Waals surface area contributed by atoms with E-state index in [-0.39, 0.29) is 35.8 Å². The van der Waals surface area contributed by atoms with E-state index < -0.39 is 10.8 Å². The molecule has 3 N–H and O–H groups in total. The lowest BCUT2D eigenvalue weighted by molar-refractivity contribution is -0.384. The molecule has 0 aliphatic carbocycles. The Labute approximate surface area is 122 Å². The van der Waals surface area contributed by atoms with Gasteiger partial charge in [-0.3, -0.25) is 19.7 Å². The fourth-order valence-electron chi connectivity index (χ4n) is 1.81. The third-order valence-electron chi connectivity index (χ3n) is 2.75. The van der Waals surface area contributed by atoms with Crippen molar-refractivity contribution in [1.29, 1.82) is 0 Å². The minimum atomic E-state index is -0.558. The first-order chi connectivity index (χ1) is 10.0. The Morgan fingerprint density at radius 1 is 1.29 bits per heavy atom. The zero-order valence-corrected chi connectivity index (χ0v) is 11.9. The van der Waals surface area contributed by atoms with Gasteiger partial charge in [-0.25, -0.2) is 0 Å². The Balaban J connectivity index is 2.76. The van der Waals surface area contributed by atoms with Crippen LogP contribution in [0.3, 0.4) is 0 Å². The summed E-state index contributed by atoms with van der Waals surface area (Å²) in [5.41, 5.74) is 0.148. The van der Waals surface area contributed by atoms with Gasteiger partial charge in [0.05, 0.1) is 10.5 Å². The number of nitrogens with zero attached hydrogens (tertiary/aromatic N) is 1. The normalized spacial score (nSPS) is 9.81. The molecule has 0 aromatic heterocycles. The molecule has 0 atom stereocenters. The van der Waals surface area contributed by atoms with Gasteiger partial charge in [-0.2, -0.15) is 0 Å². The van der Waals surface area contributed by atoms with E-state index >= 15 is 0 Å². The van der Waals surface area contributed by atoms with Crippen LogP contribution in [0.15, 0.2) is 18.2 Å². The standard InChI is InChI=1S/C13H18N4O4/c1-3-15-11(18)7-8-16-13(19)9-5-4-6-10(17(20)21)12(9)14-2/h4-6,14H,3,7-8H2,1-2H3,(H,15,18)(H,16,19). The van der Waals surface area contributed by atoms with Gasteiger partial charge in [-0.1, -0.05) is 6.07 Å². The molecule has 8 nitrogen and oxygen atoms in total. The molecule has 21 heavy (non-hydrogen) atoms. The van der Waals surface area contributed by atoms with Gasteiger partial charge in [-0.15, -0.1) is 0 Å². The number of carbonyl (C=O) groups excluding carboxylic acids is 2. The maximum atomic E-state index is 12.0. The summed E-state index contributed by atoms with van der Waals surface area (Å²) in [7, 11) is 1.51. The van der Waals surface area contributed by atoms with Crippen LogP contribution in [-0.2, 0) is 4.79 Å². The molecule has 2 amide bonds. The van der Waals surface area contributed by atoms with Gasteiger partial charge in [0.15, 0.2) is 0 Å². The van der Waals surface area contributed by atoms with Gasteiger partial charge in [-0.05, 0) is 13.0 Å². The number of rotatable bonds is 7. The van der Waals surface area contributed by atoms with Gasteiger partial charge in [0.1, 0.15) is 5.69 Å². The van der Waals surface area contributed by atoms with Crippen LogP contribution in [0, 0.1) is 10.1 Å². The van der Waals surface area contributed by atoms with Crippen LogP contribution in [0.1, 0.15) is 23.7 Å². The minimum absolute atomic E-state index is 0.151. The predicted octanol–water partition coefficient (Wildman–Crippen LogP) is 0.892. The molecule has 0 unspecified atom stereocenters. The molecule has 1 rings (SSSR count). The minimum Gasteiger partial charge on any atom is -0.382 e. The predicted molar refractivity (Wildman–Crippen MR) is 78.3 cm³/mol. The van der Waals surface area contributed by atoms with E-state index in [0.717, 1.165) is 0 Å². The third-order valence-corrected chi connectivity index (χ3v) is 2.75. The van der Waals surface area contributed by atoms with Crippen LogP contribution in [0.4, 0.5) is 11.4 Å². The quantitative estimate of drug-likeness (QED) is 0.510. The number of amides is 2. The molecule has 8 heteroatoms. The number of nitro groups is 1. The van der Waals surface area contributed by atoms with Crippen LogP contribution in [0.2, 0.25) is 0 Å². The molecular weight excluding hydrogens is 276 g/mol. The zero-order chi connectivity index (χ0) is 15.8. The van der Waals surface area contributed by atoms with Crippen LogP contribution >= 0.6 is 0 Å². The molecular formula is C13H18N4O4. The molecule has 0 bridgehead atoms. The summed E-state index contributed by atoms with van der Waals surface area (Å²) in [6.45, 7) is 2.50. The number of anilines is 1. The van der Waals surface area contributed by atoms with Crippen molar-refractivity contribution in [3.8, 4) is 0 Å². The average molecular weight is 294 g/mol. The van der Waals surface area contributed by atoms with Crippen molar-refractivity contribution in [3.63, 3.8) is 0 Å². The third kappa shape index (κ3) is 4.44. The largest absolute Gasteiger partial charge is 0.382 e. The average Bonchev–Trinajstić information content (AvgIpc) is 2.46. The van der Waals surface area contributed by atoms with E-state index in [1.54, 1.807) is 6.92 Å². The second-order valence-electron chi connectivity index (χ2n) is 4.17. The monoisotopic (exact) mass is 294 g/mol. The number of carbonyl (C=O) groups is 2. The highest BCUT2D eigenvalue weighted by Crippen LogP contribution is 2.27. The second kappa shape index (κ2) is 7.83. The number of hydrogen-bond donors (Lipinski definition) is 3. The van der Waals surface area contributed by atoms with Crippen molar-refractivity contribution in [3.05, 3.63) is 33.9 Å². The molecule has 0 heterocycles. The highest BCUT2D eigenvalue weighted by atomic mass is 16.6. The summed E-state index contributed by atoms with van der Waals surface area (Å²) in [5, 5.41) is 18.8. The van der Waals surface area contributed by atoms with Crippen molar-refractivity contribution >= 4 is 23.2 Å². The number of hydrogen-bond acceptors (Lipinski definition) is 5. The highest BCUT2D eigenvalue weighted by molar-refractivity contribution is 6.01. The number of nitrogens with one attached hydrogen (secondary N) is 3. The Hall–Kier alpha value is -2.64. The summed E-state index contributed by atoms with van der Waals surface area (Å²) in [5.74, 6) is -0.627. The zero-order valence-electron chi connectivity index (χ0n) is 11.9. The van der Waals surface area contributed by atoms with Crippen molar-refractivity contribution in [1.82, 2.24) is 10.6 Å². The van der Waals surface area contributed by atoms with E-state index in [2.05, 4.69) is 16.0 Å². The van der Waals surface area contributed by atoms with E-state index in [9.17, 15) is 19.7 Å². The first kappa shape index (κ1) is 16.4. The first-order valence-corrected chi connectivity index (χ1v) is 6.51. The molecule has 114 valence electrons. The molecule has 1 aromatic rings. The maximum absolute atomic E-state index is 12.0. The maximum Gasteiger partial charge on any atom is 0.293 e. The fourth-order valence-corrected chi connectivity index (χ4v) is 1.81. The summed E-state index contributed by atoms with van der Waals surface area (Å²) >= 11 is 0. The van der Waals surface area contributed by atoms with Crippen LogP contribution in [0.25, 0.3) is 0 Å². The summed E-state index contributed by atoms with van der Waals surface area (Å²) in [6, 6.07) is 4.25. The first-order valence-electron chi connectivity index (χ1n) is 6.51. The Morgan fingerprint density at radius 3 is 2.57 bits per heavy atom. The fraction of sp³-hybridized carbons (Fsp3) is 0.385.